The topological polar surface area (TPSA) is 146 Å². The number of halogens is 1. The number of nitrogens with zero attached hydrogens (tertiary/aromatic N) is 4. The first-order chi connectivity index (χ1) is 13.9. The molecule has 4 rings (SSSR count). The molecular formula is C17H19FN5O5P. The van der Waals surface area contributed by atoms with E-state index in [2.05, 4.69) is 15.0 Å². The molecule has 154 valence electrons. The molecule has 10 nitrogen and oxygen atoms in total. The summed E-state index contributed by atoms with van der Waals surface area (Å²) >= 11 is 0. The smallest absolute Gasteiger partial charge is 0.404 e. The lowest BCUT2D eigenvalue weighted by Crippen LogP contribution is -2.42. The van der Waals surface area contributed by atoms with Crippen molar-refractivity contribution in [2.45, 2.75) is 12.5 Å². The molecule has 1 unspecified atom stereocenters. The van der Waals surface area contributed by atoms with Crippen LogP contribution in [-0.4, -0.2) is 42.7 Å². The van der Waals surface area contributed by atoms with Gasteiger partial charge < -0.3 is 19.9 Å². The Balaban J connectivity index is 1.40. The summed E-state index contributed by atoms with van der Waals surface area (Å²) in [6, 6.07) is 4.77. The van der Waals surface area contributed by atoms with Crippen LogP contribution in [0, 0.1) is 17.7 Å². The highest BCUT2D eigenvalue weighted by atomic mass is 31.2. The third kappa shape index (κ3) is 4.08. The summed E-state index contributed by atoms with van der Waals surface area (Å²) in [7, 11) is -4.43. The van der Waals surface area contributed by atoms with Crippen molar-refractivity contribution in [3.05, 3.63) is 42.6 Å². The molecule has 4 atom stereocenters. The maximum Gasteiger partial charge on any atom is 0.527 e. The zero-order valence-corrected chi connectivity index (χ0v) is 16.0. The van der Waals surface area contributed by atoms with Gasteiger partial charge in [0.05, 0.1) is 19.1 Å². The van der Waals surface area contributed by atoms with E-state index in [4.69, 9.17) is 14.8 Å². The van der Waals surface area contributed by atoms with Crippen molar-refractivity contribution >= 4 is 24.9 Å². The molecule has 29 heavy (non-hydrogen) atoms. The van der Waals surface area contributed by atoms with E-state index >= 15 is 0 Å². The van der Waals surface area contributed by atoms with E-state index in [1.54, 1.807) is 6.33 Å². The number of nitrogen functional groups attached to an aromatic ring is 1. The van der Waals surface area contributed by atoms with Gasteiger partial charge in [0.1, 0.15) is 17.1 Å². The summed E-state index contributed by atoms with van der Waals surface area (Å²) in [6.07, 6.45) is 3.70. The minimum absolute atomic E-state index is 0.103. The molecule has 0 radical (unpaired) electrons. The minimum Gasteiger partial charge on any atom is -0.404 e. The van der Waals surface area contributed by atoms with Gasteiger partial charge in [0, 0.05) is 24.6 Å². The van der Waals surface area contributed by atoms with Gasteiger partial charge >= 0.3 is 7.82 Å². The highest BCUT2D eigenvalue weighted by Crippen LogP contribution is 2.49. The first-order valence-corrected chi connectivity index (χ1v) is 10.3. The standard InChI is InChI=1S/C17H19FN5O5P/c18-11-2-1-3-12(5-11)28-29(25,26)27-8-10-4-15(13(10)7-24)23-9-21-14-6-20-17(19)22-16(14)23/h1-3,5-6,9-10,13,15,24H,4,7-8H2,(H,25,26)(H2,19,20,22)/t10-,13-,15-/m1/s1. The number of rotatable bonds is 7. The Kier molecular flexibility index (Phi) is 5.22. The van der Waals surface area contributed by atoms with Gasteiger partial charge in [0.25, 0.3) is 0 Å². The Labute approximate surface area is 164 Å². The predicted octanol–water partition coefficient (Wildman–Crippen LogP) is 1.91. The van der Waals surface area contributed by atoms with E-state index in [0.29, 0.717) is 17.6 Å². The van der Waals surface area contributed by atoms with Crippen molar-refractivity contribution in [2.24, 2.45) is 11.8 Å². The third-order valence-corrected chi connectivity index (χ3v) is 5.93. The number of nitrogens with two attached hydrogens (primary N) is 1. The van der Waals surface area contributed by atoms with Gasteiger partial charge in [0.15, 0.2) is 5.65 Å². The molecule has 12 heteroatoms. The molecule has 0 bridgehead atoms. The summed E-state index contributed by atoms with van der Waals surface area (Å²) in [4.78, 5) is 22.2. The van der Waals surface area contributed by atoms with Crippen molar-refractivity contribution < 1.29 is 28.0 Å². The monoisotopic (exact) mass is 423 g/mol. The molecule has 3 aromatic rings. The fourth-order valence-corrected chi connectivity index (χ4v) is 4.33. The molecule has 1 saturated carbocycles. The summed E-state index contributed by atoms with van der Waals surface area (Å²) in [5.41, 5.74) is 6.79. The van der Waals surface area contributed by atoms with Gasteiger partial charge in [0.2, 0.25) is 5.95 Å². The van der Waals surface area contributed by atoms with Crippen LogP contribution in [0.3, 0.4) is 0 Å². The first-order valence-electron chi connectivity index (χ1n) is 8.84. The second kappa shape index (κ2) is 7.68. The van der Waals surface area contributed by atoms with E-state index in [1.807, 2.05) is 4.57 Å². The summed E-state index contributed by atoms with van der Waals surface area (Å²) in [5, 5.41) is 9.80. The number of aliphatic hydroxyl groups is 1. The molecule has 1 aromatic carbocycles. The molecule has 4 N–H and O–H groups in total. The average Bonchev–Trinajstić information content (AvgIpc) is 3.03. The number of benzene rings is 1. The largest absolute Gasteiger partial charge is 0.527 e. The van der Waals surface area contributed by atoms with Crippen LogP contribution >= 0.6 is 7.82 Å². The summed E-state index contributed by atoms with van der Waals surface area (Å²) < 4.78 is 37.1. The zero-order chi connectivity index (χ0) is 20.6. The summed E-state index contributed by atoms with van der Waals surface area (Å²) in [6.45, 7) is -0.256. The molecule has 2 aromatic heterocycles. The maximum atomic E-state index is 13.2. The van der Waals surface area contributed by atoms with Crippen molar-refractivity contribution in [3.63, 3.8) is 0 Å². The Hall–Kier alpha value is -2.59. The van der Waals surface area contributed by atoms with Gasteiger partial charge in [-0.1, -0.05) is 6.07 Å². The maximum absolute atomic E-state index is 13.2. The SMILES string of the molecule is Nc1ncc2ncn([C@@H]3C[C@H](COP(=O)(O)Oc4cccc(F)c4)[C@H]3CO)c2n1. The van der Waals surface area contributed by atoms with Gasteiger partial charge in [-0.2, -0.15) is 4.98 Å². The zero-order valence-electron chi connectivity index (χ0n) is 15.1. The number of aliphatic hydroxyl groups excluding tert-OH is 1. The molecule has 1 aliphatic carbocycles. The quantitative estimate of drug-likeness (QED) is 0.485. The van der Waals surface area contributed by atoms with Crippen molar-refractivity contribution in [1.29, 1.82) is 0 Å². The van der Waals surface area contributed by atoms with Crippen LogP contribution < -0.4 is 10.3 Å². The summed E-state index contributed by atoms with van der Waals surface area (Å²) in [5.74, 6) is -1.00. The van der Waals surface area contributed by atoms with Crippen LogP contribution in [0.15, 0.2) is 36.8 Å². The fourth-order valence-electron chi connectivity index (χ4n) is 3.52. The van der Waals surface area contributed by atoms with Crippen LogP contribution in [0.2, 0.25) is 0 Å². The number of hydrogen-bond donors (Lipinski definition) is 3. The van der Waals surface area contributed by atoms with Crippen molar-refractivity contribution in [3.8, 4) is 5.75 Å². The Morgan fingerprint density at radius 1 is 1.38 bits per heavy atom. The normalized spacial score (nSPS) is 23.5. The molecular weight excluding hydrogens is 404 g/mol. The second-order valence-electron chi connectivity index (χ2n) is 6.81. The Bertz CT molecular complexity index is 1080. The highest BCUT2D eigenvalue weighted by Gasteiger charge is 2.43. The van der Waals surface area contributed by atoms with E-state index in [-0.39, 0.29) is 42.8 Å². The van der Waals surface area contributed by atoms with Gasteiger partial charge in [-0.3, -0.25) is 9.42 Å². The van der Waals surface area contributed by atoms with Crippen LogP contribution in [0.1, 0.15) is 12.5 Å². The number of phosphoric acid groups is 1. The van der Waals surface area contributed by atoms with Crippen molar-refractivity contribution in [1.82, 2.24) is 19.5 Å². The third-order valence-electron chi connectivity index (χ3n) is 5.02. The predicted molar refractivity (Wildman–Crippen MR) is 100 cm³/mol. The number of aromatic nitrogens is 4. The lowest BCUT2D eigenvalue weighted by atomic mass is 9.70. The number of fused-ring (bicyclic) bond motifs is 1. The average molecular weight is 423 g/mol. The van der Waals surface area contributed by atoms with Crippen LogP contribution in [0.5, 0.6) is 5.75 Å². The van der Waals surface area contributed by atoms with Crippen LogP contribution in [0.25, 0.3) is 11.2 Å². The minimum atomic E-state index is -4.43. The molecule has 0 saturated heterocycles. The first kappa shape index (κ1) is 19.7. The van der Waals surface area contributed by atoms with Crippen molar-refractivity contribution in [2.75, 3.05) is 18.9 Å². The van der Waals surface area contributed by atoms with E-state index < -0.39 is 13.6 Å². The number of hydrogen-bond acceptors (Lipinski definition) is 8. The number of imidazole rings is 1. The number of phosphoric ester groups is 1. The number of anilines is 1. The molecule has 0 amide bonds. The molecule has 1 fully saturated rings. The Morgan fingerprint density at radius 2 is 2.21 bits per heavy atom. The molecule has 2 heterocycles. The highest BCUT2D eigenvalue weighted by molar-refractivity contribution is 7.47. The fraction of sp³-hybridized carbons (Fsp3) is 0.353. The molecule has 0 aliphatic heterocycles. The lowest BCUT2D eigenvalue weighted by molar-refractivity contribution is -0.00488. The van der Waals surface area contributed by atoms with E-state index in [0.717, 1.165) is 6.07 Å². The van der Waals surface area contributed by atoms with Gasteiger partial charge in [-0.15, -0.1) is 0 Å². The van der Waals surface area contributed by atoms with Crippen LogP contribution in [0.4, 0.5) is 10.3 Å². The molecule has 0 spiro atoms. The Morgan fingerprint density at radius 3 is 2.97 bits per heavy atom. The van der Waals surface area contributed by atoms with E-state index in [9.17, 15) is 19.0 Å². The van der Waals surface area contributed by atoms with E-state index in [1.165, 1.54) is 24.4 Å². The van der Waals surface area contributed by atoms with Gasteiger partial charge in [-0.25, -0.2) is 18.9 Å². The second-order valence-corrected chi connectivity index (χ2v) is 8.19. The van der Waals surface area contributed by atoms with Gasteiger partial charge in [-0.05, 0) is 24.5 Å². The van der Waals surface area contributed by atoms with Crippen LogP contribution in [-0.2, 0) is 9.09 Å². The lowest BCUT2D eigenvalue weighted by Gasteiger charge is -2.44. The molecule has 1 aliphatic rings.